The van der Waals surface area contributed by atoms with E-state index in [0.717, 1.165) is 28.2 Å². The van der Waals surface area contributed by atoms with Gasteiger partial charge in [-0.1, -0.05) is 31.9 Å². The zero-order valence-electron chi connectivity index (χ0n) is 8.00. The maximum absolute atomic E-state index is 11.4. The number of alkyl halides is 1. The summed E-state index contributed by atoms with van der Waals surface area (Å²) in [7, 11) is 0. The van der Waals surface area contributed by atoms with Gasteiger partial charge in [0, 0.05) is 9.80 Å². The van der Waals surface area contributed by atoms with Gasteiger partial charge in [-0.15, -0.1) is 0 Å². The molecular formula is C11H10Br2O2. The fourth-order valence-corrected chi connectivity index (χ4v) is 2.46. The molecule has 2 rings (SSSR count). The van der Waals surface area contributed by atoms with Crippen molar-refractivity contribution in [1.82, 2.24) is 0 Å². The van der Waals surface area contributed by atoms with E-state index in [0.29, 0.717) is 5.75 Å². The van der Waals surface area contributed by atoms with E-state index in [1.807, 2.05) is 12.1 Å². The first-order valence-electron chi connectivity index (χ1n) is 4.77. The predicted octanol–water partition coefficient (Wildman–Crippen LogP) is 3.66. The van der Waals surface area contributed by atoms with E-state index < -0.39 is 0 Å². The van der Waals surface area contributed by atoms with Crippen LogP contribution in [0.3, 0.4) is 0 Å². The van der Waals surface area contributed by atoms with Gasteiger partial charge in [0.15, 0.2) is 0 Å². The first kappa shape index (κ1) is 11.1. The van der Waals surface area contributed by atoms with Crippen molar-refractivity contribution < 1.29 is 9.53 Å². The topological polar surface area (TPSA) is 26.3 Å². The Kier molecular flexibility index (Phi) is 3.46. The van der Waals surface area contributed by atoms with Crippen LogP contribution in [0.4, 0.5) is 0 Å². The normalized spacial score (nSPS) is 15.1. The van der Waals surface area contributed by atoms with Crippen molar-refractivity contribution in [1.29, 1.82) is 0 Å². The molecule has 1 aromatic carbocycles. The Labute approximate surface area is 105 Å². The molecule has 0 atom stereocenters. The number of benzene rings is 1. The Morgan fingerprint density at radius 2 is 2.20 bits per heavy atom. The molecule has 1 fully saturated rings. The number of ether oxygens (including phenoxy) is 1. The smallest absolute Gasteiger partial charge is 0.314 e. The lowest BCUT2D eigenvalue weighted by atomic mass is 10.2. The maximum Gasteiger partial charge on any atom is 0.314 e. The van der Waals surface area contributed by atoms with Gasteiger partial charge in [0.1, 0.15) is 5.75 Å². The molecule has 0 amide bonds. The molecule has 2 nitrogen and oxygen atoms in total. The molecule has 0 saturated heterocycles. The van der Waals surface area contributed by atoms with Crippen molar-refractivity contribution in [2.24, 2.45) is 5.92 Å². The number of carbonyl (C=O) groups is 1. The summed E-state index contributed by atoms with van der Waals surface area (Å²) in [6.07, 6.45) is 1.95. The van der Waals surface area contributed by atoms with E-state index in [2.05, 4.69) is 31.9 Å². The molecule has 0 spiro atoms. The van der Waals surface area contributed by atoms with Crippen LogP contribution in [0, 0.1) is 5.92 Å². The summed E-state index contributed by atoms with van der Waals surface area (Å²) in [5.41, 5.74) is 1.08. The molecule has 0 heterocycles. The van der Waals surface area contributed by atoms with Gasteiger partial charge < -0.3 is 4.74 Å². The first-order valence-corrected chi connectivity index (χ1v) is 6.68. The second-order valence-corrected chi connectivity index (χ2v) is 5.00. The van der Waals surface area contributed by atoms with E-state index >= 15 is 0 Å². The lowest BCUT2D eigenvalue weighted by molar-refractivity contribution is -0.135. The highest BCUT2D eigenvalue weighted by molar-refractivity contribution is 9.10. The summed E-state index contributed by atoms with van der Waals surface area (Å²) in [5.74, 6) is 0.670. The SMILES string of the molecule is O=C(Oc1ccc(Br)c(CBr)c1)C1CC1. The van der Waals surface area contributed by atoms with Crippen LogP contribution in [0.25, 0.3) is 0 Å². The summed E-state index contributed by atoms with van der Waals surface area (Å²) in [4.78, 5) is 11.4. The fraction of sp³-hybridized carbons (Fsp3) is 0.364. The van der Waals surface area contributed by atoms with Crippen molar-refractivity contribution in [2.75, 3.05) is 0 Å². The van der Waals surface area contributed by atoms with Crippen molar-refractivity contribution >= 4 is 37.8 Å². The summed E-state index contributed by atoms with van der Waals surface area (Å²) in [6.45, 7) is 0. The quantitative estimate of drug-likeness (QED) is 0.479. The Hall–Kier alpha value is -0.350. The Morgan fingerprint density at radius 3 is 2.80 bits per heavy atom. The monoisotopic (exact) mass is 332 g/mol. The molecule has 0 aromatic heterocycles. The van der Waals surface area contributed by atoms with Gasteiger partial charge >= 0.3 is 5.97 Å². The highest BCUT2D eigenvalue weighted by Crippen LogP contribution is 2.31. The molecule has 15 heavy (non-hydrogen) atoms. The van der Waals surface area contributed by atoms with Gasteiger partial charge in [-0.25, -0.2) is 0 Å². The van der Waals surface area contributed by atoms with Crippen LogP contribution < -0.4 is 4.74 Å². The zero-order chi connectivity index (χ0) is 10.8. The molecule has 0 bridgehead atoms. The summed E-state index contributed by atoms with van der Waals surface area (Å²) >= 11 is 6.81. The van der Waals surface area contributed by atoms with E-state index in [9.17, 15) is 4.79 Å². The third kappa shape index (κ3) is 2.82. The molecule has 0 radical (unpaired) electrons. The van der Waals surface area contributed by atoms with Crippen LogP contribution in [0.2, 0.25) is 0 Å². The van der Waals surface area contributed by atoms with Crippen LogP contribution in [-0.4, -0.2) is 5.97 Å². The molecule has 4 heteroatoms. The van der Waals surface area contributed by atoms with E-state index in [1.54, 1.807) is 6.07 Å². The van der Waals surface area contributed by atoms with Gasteiger partial charge in [0.2, 0.25) is 0 Å². The number of hydrogen-bond acceptors (Lipinski definition) is 2. The maximum atomic E-state index is 11.4. The van der Waals surface area contributed by atoms with E-state index in [4.69, 9.17) is 4.74 Å². The van der Waals surface area contributed by atoms with Crippen molar-refractivity contribution in [3.05, 3.63) is 28.2 Å². The average molecular weight is 334 g/mol. The Morgan fingerprint density at radius 1 is 1.47 bits per heavy atom. The lowest BCUT2D eigenvalue weighted by Gasteiger charge is -2.06. The molecule has 80 valence electrons. The van der Waals surface area contributed by atoms with E-state index in [1.165, 1.54) is 0 Å². The minimum Gasteiger partial charge on any atom is -0.426 e. The lowest BCUT2D eigenvalue weighted by Crippen LogP contribution is -2.09. The summed E-state index contributed by atoms with van der Waals surface area (Å²) in [6, 6.07) is 5.57. The largest absolute Gasteiger partial charge is 0.426 e. The first-order chi connectivity index (χ1) is 7.20. The van der Waals surface area contributed by atoms with E-state index in [-0.39, 0.29) is 11.9 Å². The number of hydrogen-bond donors (Lipinski definition) is 0. The van der Waals surface area contributed by atoms with Gasteiger partial charge in [-0.2, -0.15) is 0 Å². The fourth-order valence-electron chi connectivity index (χ4n) is 1.24. The molecular weight excluding hydrogens is 324 g/mol. The number of rotatable bonds is 3. The van der Waals surface area contributed by atoms with Crippen LogP contribution in [0.5, 0.6) is 5.75 Å². The highest BCUT2D eigenvalue weighted by Gasteiger charge is 2.31. The second kappa shape index (κ2) is 4.66. The molecule has 1 aromatic rings. The van der Waals surface area contributed by atoms with Crippen LogP contribution in [-0.2, 0) is 10.1 Å². The third-order valence-electron chi connectivity index (χ3n) is 2.29. The van der Waals surface area contributed by atoms with Gasteiger partial charge in [0.25, 0.3) is 0 Å². The molecule has 1 aliphatic carbocycles. The summed E-state index contributed by atoms with van der Waals surface area (Å²) in [5, 5.41) is 0.738. The number of halogens is 2. The number of carbonyl (C=O) groups excluding carboxylic acids is 1. The minimum absolute atomic E-state index is 0.0992. The van der Waals surface area contributed by atoms with Crippen molar-refractivity contribution in [3.63, 3.8) is 0 Å². The molecule has 0 N–H and O–H groups in total. The van der Waals surface area contributed by atoms with Crippen molar-refractivity contribution in [2.45, 2.75) is 18.2 Å². The van der Waals surface area contributed by atoms with Gasteiger partial charge in [-0.3, -0.25) is 4.79 Å². The third-order valence-corrected chi connectivity index (χ3v) is 3.67. The molecule has 1 saturated carbocycles. The highest BCUT2D eigenvalue weighted by atomic mass is 79.9. The Balaban J connectivity index is 2.10. The van der Waals surface area contributed by atoms with Crippen molar-refractivity contribution in [3.8, 4) is 5.75 Å². The standard InChI is InChI=1S/C11H10Br2O2/c12-6-8-5-9(3-4-10(8)13)15-11(14)7-1-2-7/h3-5,7H,1-2,6H2. The predicted molar refractivity (Wildman–Crippen MR) is 65.1 cm³/mol. The van der Waals surface area contributed by atoms with Gasteiger partial charge in [0.05, 0.1) is 5.92 Å². The molecule has 0 aliphatic heterocycles. The van der Waals surface area contributed by atoms with Crippen LogP contribution in [0.1, 0.15) is 18.4 Å². The second-order valence-electron chi connectivity index (χ2n) is 3.58. The Bertz CT molecular complexity index is 386. The zero-order valence-corrected chi connectivity index (χ0v) is 11.2. The summed E-state index contributed by atoms with van der Waals surface area (Å²) < 4.78 is 6.27. The van der Waals surface area contributed by atoms with Crippen LogP contribution >= 0.6 is 31.9 Å². The molecule has 0 unspecified atom stereocenters. The molecule has 1 aliphatic rings. The van der Waals surface area contributed by atoms with Crippen LogP contribution in [0.15, 0.2) is 22.7 Å². The average Bonchev–Trinajstić information content (AvgIpc) is 3.04. The number of esters is 1. The minimum atomic E-state index is -0.0992. The van der Waals surface area contributed by atoms with Gasteiger partial charge in [-0.05, 0) is 36.6 Å².